The van der Waals surface area contributed by atoms with Gasteiger partial charge in [0.15, 0.2) is 0 Å². The summed E-state index contributed by atoms with van der Waals surface area (Å²) < 4.78 is 18.2. The molecule has 0 fully saturated rings. The normalized spacial score (nSPS) is 18.0. The van der Waals surface area contributed by atoms with Gasteiger partial charge in [0, 0.05) is 0 Å². The monoisotopic (exact) mass is 453 g/mol. The third-order valence-electron chi connectivity index (χ3n) is 3.77. The van der Waals surface area contributed by atoms with Gasteiger partial charge in [0.1, 0.15) is 0 Å². The molecule has 6 heteroatoms. The number of halogens is 2. The van der Waals surface area contributed by atoms with Crippen LogP contribution in [0.25, 0.3) is 0 Å². The Bertz CT molecular complexity index is 538. The summed E-state index contributed by atoms with van der Waals surface area (Å²) in [5, 5.41) is 0. The fraction of sp³-hybridized carbons (Fsp3) is 0.471. The molecular formula is C17H29Cl2O2SiZr. The summed E-state index contributed by atoms with van der Waals surface area (Å²) in [4.78, 5) is 0. The summed E-state index contributed by atoms with van der Waals surface area (Å²) in [7, 11) is -1.59. The van der Waals surface area contributed by atoms with Crippen LogP contribution in [0, 0.1) is 0 Å². The molecule has 0 radical (unpaired) electrons. The van der Waals surface area contributed by atoms with E-state index < -0.39 is 28.5 Å². The predicted molar refractivity (Wildman–Crippen MR) is 105 cm³/mol. The van der Waals surface area contributed by atoms with Crippen molar-refractivity contribution in [2.75, 3.05) is 0 Å². The summed E-state index contributed by atoms with van der Waals surface area (Å²) >= 11 is -3.10. The first kappa shape index (κ1) is 23.4. The molecule has 1 atom stereocenters. The quantitative estimate of drug-likeness (QED) is 0.382. The number of hydrogen-bond donors (Lipinski definition) is 0. The molecule has 0 amide bonds. The van der Waals surface area contributed by atoms with Crippen molar-refractivity contribution in [2.24, 2.45) is 0 Å². The maximum Gasteiger partial charge on any atom is -0.147 e. The van der Waals surface area contributed by atoms with E-state index in [0.29, 0.717) is 0 Å². The molecule has 0 saturated carbocycles. The van der Waals surface area contributed by atoms with Crippen LogP contribution in [0.2, 0.25) is 19.6 Å². The van der Waals surface area contributed by atoms with Crippen molar-refractivity contribution in [1.29, 1.82) is 0 Å². The van der Waals surface area contributed by atoms with Gasteiger partial charge in [-0.05, 0) is 0 Å². The summed E-state index contributed by atoms with van der Waals surface area (Å²) in [6, 6.07) is 0. The summed E-state index contributed by atoms with van der Waals surface area (Å²) in [5.41, 5.74) is 0. The molecule has 2 rings (SSSR count). The maximum atomic E-state index is 6.68. The van der Waals surface area contributed by atoms with Gasteiger partial charge >= 0.3 is 135 Å². The Morgan fingerprint density at radius 3 is 1.83 bits per heavy atom. The standard InChI is InChI=1S/C5H13O2Si.2C5H5.C2H4.2ClH.Zr/c1-5(6)7-8(2,3)4;2*1-2-4-5-3-1;1-2;;;/h5H,1-4H3;2*1-3H,4H2;1H,2H3;2*1H;/q-1;;;;;;+1. The van der Waals surface area contributed by atoms with Gasteiger partial charge in [-0.3, -0.25) is 0 Å². The van der Waals surface area contributed by atoms with Crippen molar-refractivity contribution >= 4 is 36.8 Å². The molecule has 1 unspecified atom stereocenters. The summed E-state index contributed by atoms with van der Waals surface area (Å²) in [6.45, 7) is 10.9. The molecule has 0 aromatic carbocycles. The van der Waals surface area contributed by atoms with Gasteiger partial charge in [-0.25, -0.2) is 0 Å². The molecule has 23 heavy (non-hydrogen) atoms. The molecule has 2 aliphatic rings. The second-order valence-corrected chi connectivity index (χ2v) is 19.8. The van der Waals surface area contributed by atoms with Crippen LogP contribution in [0.4, 0.5) is 0 Å². The fourth-order valence-corrected chi connectivity index (χ4v) is 13.4. The SMILES string of the molecule is C[CH]=[Zr]([O]C(C)O[Si](C)(C)C)([C]1=CC=CC1)[C]1=CC=CC1.Cl.Cl. The zero-order valence-electron chi connectivity index (χ0n) is 14.7. The molecule has 0 aromatic rings. The van der Waals surface area contributed by atoms with Gasteiger partial charge in [0.25, 0.3) is 0 Å². The first-order valence-electron chi connectivity index (χ1n) is 7.76. The summed E-state index contributed by atoms with van der Waals surface area (Å²) in [6.07, 6.45) is 15.3. The fourth-order valence-electron chi connectivity index (χ4n) is 3.03. The molecule has 0 bridgehead atoms. The Morgan fingerprint density at radius 1 is 1.04 bits per heavy atom. The third-order valence-corrected chi connectivity index (χ3v) is 15.1. The van der Waals surface area contributed by atoms with Crippen LogP contribution in [-0.4, -0.2) is 18.3 Å². The average molecular weight is 456 g/mol. The van der Waals surface area contributed by atoms with E-state index in [4.69, 9.17) is 7.24 Å². The van der Waals surface area contributed by atoms with Crippen LogP contribution in [0.1, 0.15) is 26.7 Å². The molecule has 0 aliphatic heterocycles. The minimum atomic E-state index is -3.10. The van der Waals surface area contributed by atoms with Crippen LogP contribution >= 0.6 is 24.8 Å². The van der Waals surface area contributed by atoms with Crippen molar-refractivity contribution in [3.05, 3.63) is 43.0 Å². The second-order valence-electron chi connectivity index (χ2n) is 6.59. The first-order chi connectivity index (χ1) is 9.87. The summed E-state index contributed by atoms with van der Waals surface area (Å²) in [5.74, 6) is 0. The second kappa shape index (κ2) is 9.79. The number of rotatable bonds is 6. The molecule has 0 spiro atoms. The third kappa shape index (κ3) is 6.02. The van der Waals surface area contributed by atoms with E-state index in [1.165, 1.54) is 6.56 Å². The van der Waals surface area contributed by atoms with E-state index in [2.05, 4.69) is 73.7 Å². The van der Waals surface area contributed by atoms with Gasteiger partial charge in [-0.15, -0.1) is 24.8 Å². The van der Waals surface area contributed by atoms with Gasteiger partial charge in [-0.2, -0.15) is 0 Å². The topological polar surface area (TPSA) is 18.5 Å². The Kier molecular flexibility index (Phi) is 9.98. The smallest absolute Gasteiger partial charge is 0.147 e. The van der Waals surface area contributed by atoms with Crippen molar-refractivity contribution < 1.29 is 27.5 Å². The van der Waals surface area contributed by atoms with E-state index in [-0.39, 0.29) is 31.1 Å². The zero-order chi connectivity index (χ0) is 15.5. The van der Waals surface area contributed by atoms with E-state index in [9.17, 15) is 0 Å². The van der Waals surface area contributed by atoms with Crippen molar-refractivity contribution in [3.63, 3.8) is 0 Å². The van der Waals surface area contributed by atoms with Gasteiger partial charge < -0.3 is 0 Å². The van der Waals surface area contributed by atoms with E-state index in [0.717, 1.165) is 12.8 Å². The van der Waals surface area contributed by atoms with Crippen molar-refractivity contribution in [2.45, 2.75) is 52.6 Å². The molecule has 2 aliphatic carbocycles. The van der Waals surface area contributed by atoms with Crippen molar-refractivity contribution in [1.82, 2.24) is 0 Å². The molecule has 0 saturated heterocycles. The number of allylic oxidation sites excluding steroid dienone is 8. The Hall–Kier alpha value is 0.430. The van der Waals surface area contributed by atoms with Gasteiger partial charge in [-0.1, -0.05) is 0 Å². The Morgan fingerprint density at radius 2 is 1.52 bits per heavy atom. The molecule has 2 nitrogen and oxygen atoms in total. The first-order valence-corrected chi connectivity index (χ1v) is 16.0. The molecule has 131 valence electrons. The van der Waals surface area contributed by atoms with Crippen LogP contribution in [0.15, 0.2) is 43.0 Å². The average Bonchev–Trinajstić information content (AvgIpc) is 3.06. The van der Waals surface area contributed by atoms with E-state index >= 15 is 0 Å². The number of hydrogen-bond acceptors (Lipinski definition) is 2. The van der Waals surface area contributed by atoms with E-state index in [1.54, 1.807) is 0 Å². The van der Waals surface area contributed by atoms with Crippen LogP contribution in [0.3, 0.4) is 0 Å². The maximum absolute atomic E-state index is 6.68. The molecule has 0 heterocycles. The molecular weight excluding hydrogens is 426 g/mol. The van der Waals surface area contributed by atoms with Crippen LogP contribution in [0.5, 0.6) is 0 Å². The van der Waals surface area contributed by atoms with Crippen LogP contribution < -0.4 is 0 Å². The van der Waals surface area contributed by atoms with Crippen LogP contribution in [-0.2, 0) is 27.5 Å². The van der Waals surface area contributed by atoms with E-state index in [1.807, 2.05) is 0 Å². The predicted octanol–water partition coefficient (Wildman–Crippen LogP) is 5.62. The minimum Gasteiger partial charge on any atom is -0.147 e. The largest absolute Gasteiger partial charge is 0.147 e. The molecule has 0 aromatic heterocycles. The zero-order valence-corrected chi connectivity index (χ0v) is 19.8. The Labute approximate surface area is 159 Å². The van der Waals surface area contributed by atoms with Gasteiger partial charge in [0.05, 0.1) is 0 Å². The molecule has 0 N–H and O–H groups in total. The minimum absolute atomic E-state index is 0. The Balaban J connectivity index is 0.00000242. The van der Waals surface area contributed by atoms with Gasteiger partial charge in [0.2, 0.25) is 0 Å². The van der Waals surface area contributed by atoms with Crippen molar-refractivity contribution in [3.8, 4) is 0 Å².